The van der Waals surface area contributed by atoms with Gasteiger partial charge in [-0.05, 0) is 91.3 Å². The average Bonchev–Trinajstić information content (AvgIpc) is 2.81. The van der Waals surface area contributed by atoms with Gasteiger partial charge in [0.05, 0.1) is 0 Å². The van der Waals surface area contributed by atoms with Crippen molar-refractivity contribution >= 4 is 0 Å². The van der Waals surface area contributed by atoms with Gasteiger partial charge in [0.2, 0.25) is 0 Å². The first-order valence-corrected chi connectivity index (χ1v) is 16.2. The van der Waals surface area contributed by atoms with Crippen molar-refractivity contribution in [2.45, 2.75) is 151 Å². The summed E-state index contributed by atoms with van der Waals surface area (Å²) in [4.78, 5) is 0. The minimum absolute atomic E-state index is 0.406. The van der Waals surface area contributed by atoms with Gasteiger partial charge in [0.1, 0.15) is 0 Å². The van der Waals surface area contributed by atoms with E-state index in [0.717, 1.165) is 35.5 Å². The third-order valence-electron chi connectivity index (χ3n) is 11.0. The molecule has 0 aromatic carbocycles. The van der Waals surface area contributed by atoms with Crippen LogP contribution in [-0.4, -0.2) is 12.1 Å². The molecule has 2 aliphatic rings. The van der Waals surface area contributed by atoms with Gasteiger partial charge < -0.3 is 11.5 Å². The fraction of sp³-hybridized carbons (Fsp3) is 1.00. The Kier molecular flexibility index (Phi) is 13.7. The van der Waals surface area contributed by atoms with Crippen LogP contribution < -0.4 is 11.5 Å². The average molecular weight is 491 g/mol. The number of hydrogen-bond acceptors (Lipinski definition) is 2. The molecule has 208 valence electrons. The second-order valence-corrected chi connectivity index (χ2v) is 13.8. The van der Waals surface area contributed by atoms with Crippen LogP contribution in [0.25, 0.3) is 0 Å². The molecule has 0 aromatic heterocycles. The molecule has 2 rings (SSSR count). The summed E-state index contributed by atoms with van der Waals surface area (Å²) in [6.45, 7) is 19.4. The highest BCUT2D eigenvalue weighted by Crippen LogP contribution is 2.48. The molecule has 8 atom stereocenters. The zero-order valence-corrected chi connectivity index (χ0v) is 25.3. The van der Waals surface area contributed by atoms with Crippen molar-refractivity contribution in [3.05, 3.63) is 0 Å². The second-order valence-electron chi connectivity index (χ2n) is 13.8. The van der Waals surface area contributed by atoms with E-state index in [1.165, 1.54) is 83.5 Å². The first-order valence-electron chi connectivity index (χ1n) is 16.2. The van der Waals surface area contributed by atoms with E-state index in [1.54, 1.807) is 0 Å². The van der Waals surface area contributed by atoms with Crippen molar-refractivity contribution in [3.63, 3.8) is 0 Å². The molecule has 0 spiro atoms. The molecule has 2 aliphatic carbocycles. The molecule has 8 unspecified atom stereocenters. The molecule has 2 nitrogen and oxygen atoms in total. The van der Waals surface area contributed by atoms with Gasteiger partial charge in [-0.25, -0.2) is 0 Å². The molecular formula is C33H66N2. The fourth-order valence-corrected chi connectivity index (χ4v) is 8.98. The lowest BCUT2D eigenvalue weighted by molar-refractivity contribution is 0.0388. The van der Waals surface area contributed by atoms with Gasteiger partial charge >= 0.3 is 0 Å². The van der Waals surface area contributed by atoms with Gasteiger partial charge in [0.15, 0.2) is 0 Å². The van der Waals surface area contributed by atoms with Crippen molar-refractivity contribution in [1.82, 2.24) is 0 Å². The summed E-state index contributed by atoms with van der Waals surface area (Å²) in [5, 5.41) is 0. The minimum Gasteiger partial charge on any atom is -0.327 e. The maximum absolute atomic E-state index is 7.07. The predicted octanol–water partition coefficient (Wildman–Crippen LogP) is 9.06. The summed E-state index contributed by atoms with van der Waals surface area (Å²) >= 11 is 0. The zero-order valence-electron chi connectivity index (χ0n) is 25.3. The van der Waals surface area contributed by atoms with Gasteiger partial charge in [-0.2, -0.15) is 0 Å². The lowest BCUT2D eigenvalue weighted by Gasteiger charge is -2.49. The summed E-state index contributed by atoms with van der Waals surface area (Å²) in [5.41, 5.74) is 14.1. The lowest BCUT2D eigenvalue weighted by Crippen LogP contribution is -2.50. The minimum atomic E-state index is 0.406. The number of rotatable bonds is 14. The molecule has 0 bridgehead atoms. The van der Waals surface area contributed by atoms with Gasteiger partial charge in [-0.15, -0.1) is 0 Å². The largest absolute Gasteiger partial charge is 0.327 e. The highest BCUT2D eigenvalue weighted by atomic mass is 14.7. The van der Waals surface area contributed by atoms with Crippen LogP contribution in [0.15, 0.2) is 0 Å². The Morgan fingerprint density at radius 1 is 0.486 bits per heavy atom. The maximum atomic E-state index is 7.07. The highest BCUT2D eigenvalue weighted by Gasteiger charge is 2.43. The third kappa shape index (κ3) is 8.46. The lowest BCUT2D eigenvalue weighted by atomic mass is 9.59. The Hall–Kier alpha value is -0.0800. The molecule has 4 N–H and O–H groups in total. The zero-order chi connectivity index (χ0) is 26.1. The standard InChI is InChI=1S/C33H66N2/c1-9-13-22(5)28-18-26(19-29(32(28)34)23(6)14-10-2)17-27-20-30(24(7)15-11-3)33(35)31(21-27)25(8)16-12-4/h22-33H,9-21,34-35H2,1-8H3. The summed E-state index contributed by atoms with van der Waals surface area (Å²) in [6.07, 6.45) is 17.5. The summed E-state index contributed by atoms with van der Waals surface area (Å²) in [5.74, 6) is 7.67. The molecular weight excluding hydrogens is 424 g/mol. The number of hydrogen-bond donors (Lipinski definition) is 2. The topological polar surface area (TPSA) is 52.0 Å². The van der Waals surface area contributed by atoms with E-state index in [1.807, 2.05) is 0 Å². The van der Waals surface area contributed by atoms with E-state index in [4.69, 9.17) is 11.5 Å². The highest BCUT2D eigenvalue weighted by molar-refractivity contribution is 4.97. The van der Waals surface area contributed by atoms with Crippen LogP contribution in [0.3, 0.4) is 0 Å². The van der Waals surface area contributed by atoms with Crippen LogP contribution in [-0.2, 0) is 0 Å². The van der Waals surface area contributed by atoms with Crippen LogP contribution in [0.2, 0.25) is 0 Å². The van der Waals surface area contributed by atoms with Crippen LogP contribution >= 0.6 is 0 Å². The molecule has 0 aliphatic heterocycles. The van der Waals surface area contributed by atoms with Crippen LogP contribution in [0.1, 0.15) is 139 Å². The predicted molar refractivity (Wildman–Crippen MR) is 156 cm³/mol. The van der Waals surface area contributed by atoms with E-state index in [9.17, 15) is 0 Å². The molecule has 0 radical (unpaired) electrons. The molecule has 0 aromatic rings. The van der Waals surface area contributed by atoms with Crippen molar-refractivity contribution in [1.29, 1.82) is 0 Å². The van der Waals surface area contributed by atoms with Crippen molar-refractivity contribution in [3.8, 4) is 0 Å². The first kappa shape index (κ1) is 31.1. The van der Waals surface area contributed by atoms with Gasteiger partial charge in [0.25, 0.3) is 0 Å². The number of nitrogens with two attached hydrogens (primary N) is 2. The molecule has 2 saturated carbocycles. The molecule has 2 heteroatoms. The van der Waals surface area contributed by atoms with E-state index in [-0.39, 0.29) is 0 Å². The summed E-state index contributed by atoms with van der Waals surface area (Å²) in [6, 6.07) is 0.813. The van der Waals surface area contributed by atoms with Gasteiger partial charge in [0, 0.05) is 12.1 Å². The van der Waals surface area contributed by atoms with E-state index < -0.39 is 0 Å². The normalized spacial score (nSPS) is 37.5. The summed E-state index contributed by atoms with van der Waals surface area (Å²) < 4.78 is 0. The van der Waals surface area contributed by atoms with Crippen molar-refractivity contribution in [2.24, 2.45) is 70.6 Å². The van der Waals surface area contributed by atoms with Crippen LogP contribution in [0.4, 0.5) is 0 Å². The van der Waals surface area contributed by atoms with E-state index in [2.05, 4.69) is 55.4 Å². The van der Waals surface area contributed by atoms with Crippen LogP contribution in [0.5, 0.6) is 0 Å². The molecule has 35 heavy (non-hydrogen) atoms. The van der Waals surface area contributed by atoms with Crippen LogP contribution in [0, 0.1) is 59.2 Å². The maximum Gasteiger partial charge on any atom is 0.0101 e. The second kappa shape index (κ2) is 15.4. The van der Waals surface area contributed by atoms with E-state index >= 15 is 0 Å². The third-order valence-corrected chi connectivity index (χ3v) is 11.0. The van der Waals surface area contributed by atoms with E-state index in [0.29, 0.717) is 35.8 Å². The Balaban J connectivity index is 2.22. The quantitative estimate of drug-likeness (QED) is 0.255. The first-order chi connectivity index (χ1) is 16.7. The van der Waals surface area contributed by atoms with Gasteiger partial charge in [-0.3, -0.25) is 0 Å². The smallest absolute Gasteiger partial charge is 0.0101 e. The molecule has 2 fully saturated rings. The Bertz CT molecular complexity index is 469. The Morgan fingerprint density at radius 3 is 0.914 bits per heavy atom. The van der Waals surface area contributed by atoms with Gasteiger partial charge in [-0.1, -0.05) is 107 Å². The Labute approximate surface area is 221 Å². The summed E-state index contributed by atoms with van der Waals surface area (Å²) in [7, 11) is 0. The van der Waals surface area contributed by atoms with Crippen molar-refractivity contribution < 1.29 is 0 Å². The molecule has 0 amide bonds. The fourth-order valence-electron chi connectivity index (χ4n) is 8.98. The SMILES string of the molecule is CCCC(C)C1CC(CC2CC(C(C)CCC)C(N)C(C(C)CCC)C2)CC(C(C)CCC)C1N. The molecule has 0 heterocycles. The Morgan fingerprint density at radius 2 is 0.714 bits per heavy atom. The monoisotopic (exact) mass is 491 g/mol. The molecule has 0 saturated heterocycles. The van der Waals surface area contributed by atoms with Crippen molar-refractivity contribution in [2.75, 3.05) is 0 Å².